The fourth-order valence-electron chi connectivity index (χ4n) is 2.23. The molecular weight excluding hydrogens is 324 g/mol. The fourth-order valence-corrected chi connectivity index (χ4v) is 2.23. The number of carbonyl (C=O) groups excluding carboxylic acids is 2. The van der Waals surface area contributed by atoms with Crippen molar-refractivity contribution in [1.29, 1.82) is 0 Å². The molecule has 1 atom stereocenters. The lowest BCUT2D eigenvalue weighted by Gasteiger charge is -2.26. The Bertz CT molecular complexity index is 640. The van der Waals surface area contributed by atoms with Gasteiger partial charge >= 0.3 is 6.03 Å². The fraction of sp³-hybridized carbons (Fsp3) is 0.529. The van der Waals surface area contributed by atoms with Crippen LogP contribution in [0.5, 0.6) is 0 Å². The number of likely N-dealkylation sites (N-methyl/N-ethyl adjacent to an activating group) is 1. The third-order valence-corrected chi connectivity index (χ3v) is 3.44. The van der Waals surface area contributed by atoms with E-state index in [1.807, 2.05) is 20.8 Å². The Morgan fingerprint density at radius 1 is 1.32 bits per heavy atom. The van der Waals surface area contributed by atoms with E-state index in [0.29, 0.717) is 12.1 Å². The van der Waals surface area contributed by atoms with Crippen molar-refractivity contribution in [3.8, 4) is 0 Å². The molecule has 0 aromatic heterocycles. The second-order valence-electron chi connectivity index (χ2n) is 6.84. The summed E-state index contributed by atoms with van der Waals surface area (Å²) < 4.78 is 0. The van der Waals surface area contributed by atoms with Crippen LogP contribution in [-0.4, -0.2) is 40.4 Å². The molecule has 0 spiro atoms. The summed E-state index contributed by atoms with van der Waals surface area (Å²) in [4.78, 5) is 36.1. The van der Waals surface area contributed by atoms with Crippen molar-refractivity contribution in [2.75, 3.05) is 13.1 Å². The first-order valence-electron chi connectivity index (χ1n) is 8.14. The number of nitro benzene ring substituents is 1. The van der Waals surface area contributed by atoms with Crippen LogP contribution in [0, 0.1) is 10.1 Å². The van der Waals surface area contributed by atoms with Crippen LogP contribution in [0.15, 0.2) is 24.3 Å². The normalized spacial score (nSPS) is 12.2. The van der Waals surface area contributed by atoms with Gasteiger partial charge in [-0.1, -0.05) is 12.1 Å². The Hall–Kier alpha value is -2.64. The van der Waals surface area contributed by atoms with Crippen LogP contribution in [0.25, 0.3) is 0 Å². The molecule has 0 heterocycles. The maximum absolute atomic E-state index is 12.4. The van der Waals surface area contributed by atoms with Gasteiger partial charge in [0.15, 0.2) is 0 Å². The summed E-state index contributed by atoms with van der Waals surface area (Å²) in [6.07, 6.45) is 0. The second-order valence-corrected chi connectivity index (χ2v) is 6.84. The Kier molecular flexibility index (Phi) is 6.90. The summed E-state index contributed by atoms with van der Waals surface area (Å²) in [5.74, 6) is -0.243. The predicted molar refractivity (Wildman–Crippen MR) is 95.2 cm³/mol. The van der Waals surface area contributed by atoms with Crippen LogP contribution in [0.3, 0.4) is 0 Å². The summed E-state index contributed by atoms with van der Waals surface area (Å²) in [5.41, 5.74) is 0.219. The van der Waals surface area contributed by atoms with Crippen LogP contribution in [0.2, 0.25) is 0 Å². The van der Waals surface area contributed by atoms with Crippen molar-refractivity contribution in [1.82, 2.24) is 15.5 Å². The number of amides is 3. The number of nitrogens with zero attached hydrogens (tertiary/aromatic N) is 2. The molecule has 0 fully saturated rings. The van der Waals surface area contributed by atoms with Crippen LogP contribution in [0.4, 0.5) is 10.5 Å². The molecule has 0 aliphatic carbocycles. The lowest BCUT2D eigenvalue weighted by atomic mass is 10.1. The monoisotopic (exact) mass is 350 g/mol. The maximum atomic E-state index is 12.4. The van der Waals surface area contributed by atoms with Gasteiger partial charge in [0.1, 0.15) is 6.54 Å². The Morgan fingerprint density at radius 3 is 2.48 bits per heavy atom. The lowest BCUT2D eigenvalue weighted by Crippen LogP contribution is -2.49. The summed E-state index contributed by atoms with van der Waals surface area (Å²) in [6.45, 7) is 9.43. The highest BCUT2D eigenvalue weighted by Crippen LogP contribution is 2.19. The van der Waals surface area contributed by atoms with Gasteiger partial charge in [-0.25, -0.2) is 4.79 Å². The minimum Gasteiger partial charge on any atom is -0.350 e. The highest BCUT2D eigenvalue weighted by molar-refractivity contribution is 5.84. The molecule has 1 unspecified atom stereocenters. The van der Waals surface area contributed by atoms with Gasteiger partial charge in [0, 0.05) is 24.2 Å². The highest BCUT2D eigenvalue weighted by atomic mass is 16.6. The number of carbonyl (C=O) groups is 2. The molecule has 1 rings (SSSR count). The van der Waals surface area contributed by atoms with Gasteiger partial charge in [0.05, 0.1) is 11.0 Å². The third-order valence-electron chi connectivity index (χ3n) is 3.44. The number of urea groups is 1. The molecule has 3 amide bonds. The molecule has 0 aliphatic heterocycles. The van der Waals surface area contributed by atoms with Crippen LogP contribution in [0.1, 0.15) is 46.2 Å². The smallest absolute Gasteiger partial charge is 0.318 e. The molecule has 0 saturated heterocycles. The van der Waals surface area contributed by atoms with Crippen molar-refractivity contribution in [2.24, 2.45) is 0 Å². The van der Waals surface area contributed by atoms with E-state index in [9.17, 15) is 19.7 Å². The number of benzene rings is 1. The number of nitrogens with one attached hydrogen (secondary N) is 2. The molecule has 0 saturated carbocycles. The molecule has 0 radical (unpaired) electrons. The van der Waals surface area contributed by atoms with E-state index in [-0.39, 0.29) is 23.7 Å². The maximum Gasteiger partial charge on any atom is 0.318 e. The summed E-state index contributed by atoms with van der Waals surface area (Å²) in [5, 5.41) is 16.4. The van der Waals surface area contributed by atoms with Gasteiger partial charge < -0.3 is 15.5 Å². The van der Waals surface area contributed by atoms with Crippen molar-refractivity contribution in [3.05, 3.63) is 39.9 Å². The standard InChI is InChI=1S/C17H26N4O4/c1-6-20(11-15(22)19-17(3,4)5)16(23)18-12(2)13-8-7-9-14(10-13)21(24)25/h7-10,12H,6,11H2,1-5H3,(H,18,23)(H,19,22). The van der Waals surface area contributed by atoms with Crippen molar-refractivity contribution in [2.45, 2.75) is 46.2 Å². The van der Waals surface area contributed by atoms with Gasteiger partial charge in [-0.15, -0.1) is 0 Å². The van der Waals surface area contributed by atoms with E-state index in [2.05, 4.69) is 10.6 Å². The van der Waals surface area contributed by atoms with E-state index < -0.39 is 17.0 Å². The van der Waals surface area contributed by atoms with E-state index in [1.165, 1.54) is 17.0 Å². The van der Waals surface area contributed by atoms with Gasteiger partial charge in [-0.2, -0.15) is 0 Å². The minimum atomic E-state index is -0.479. The van der Waals surface area contributed by atoms with Gasteiger partial charge in [0.25, 0.3) is 5.69 Å². The highest BCUT2D eigenvalue weighted by Gasteiger charge is 2.21. The van der Waals surface area contributed by atoms with Gasteiger partial charge in [-0.05, 0) is 40.2 Å². The minimum absolute atomic E-state index is 0.0319. The number of hydrogen-bond donors (Lipinski definition) is 2. The van der Waals surface area contributed by atoms with E-state index in [4.69, 9.17) is 0 Å². The molecule has 2 N–H and O–H groups in total. The van der Waals surface area contributed by atoms with Gasteiger partial charge in [0.2, 0.25) is 5.91 Å². The zero-order chi connectivity index (χ0) is 19.2. The topological polar surface area (TPSA) is 105 Å². The summed E-state index contributed by atoms with van der Waals surface area (Å²) in [7, 11) is 0. The molecule has 0 bridgehead atoms. The largest absolute Gasteiger partial charge is 0.350 e. The van der Waals surface area contributed by atoms with Crippen LogP contribution in [-0.2, 0) is 4.79 Å². The first-order chi connectivity index (χ1) is 11.5. The SMILES string of the molecule is CCN(CC(=O)NC(C)(C)C)C(=O)NC(C)c1cccc([N+](=O)[O-])c1. The van der Waals surface area contributed by atoms with Crippen LogP contribution >= 0.6 is 0 Å². The van der Waals surface area contributed by atoms with Crippen molar-refractivity contribution >= 4 is 17.6 Å². The number of nitro groups is 1. The molecule has 25 heavy (non-hydrogen) atoms. The summed E-state index contributed by atoms with van der Waals surface area (Å²) in [6, 6.07) is 5.28. The molecule has 138 valence electrons. The second kappa shape index (κ2) is 8.46. The molecule has 1 aromatic rings. The van der Waals surface area contributed by atoms with E-state index in [0.717, 1.165) is 0 Å². The van der Waals surface area contributed by atoms with Crippen molar-refractivity contribution < 1.29 is 14.5 Å². The average Bonchev–Trinajstić information content (AvgIpc) is 2.50. The number of rotatable bonds is 6. The first-order valence-corrected chi connectivity index (χ1v) is 8.14. The first kappa shape index (κ1) is 20.4. The van der Waals surface area contributed by atoms with E-state index in [1.54, 1.807) is 26.0 Å². The lowest BCUT2D eigenvalue weighted by molar-refractivity contribution is -0.384. The quantitative estimate of drug-likeness (QED) is 0.608. The Labute approximate surface area is 147 Å². The predicted octanol–water partition coefficient (Wildman–Crippen LogP) is 2.60. The Morgan fingerprint density at radius 2 is 1.96 bits per heavy atom. The molecule has 8 heteroatoms. The molecule has 1 aromatic carbocycles. The molecule has 0 aliphatic rings. The zero-order valence-corrected chi connectivity index (χ0v) is 15.3. The molecular formula is C17H26N4O4. The zero-order valence-electron chi connectivity index (χ0n) is 15.3. The van der Waals surface area contributed by atoms with E-state index >= 15 is 0 Å². The third kappa shape index (κ3) is 6.78. The molecule has 8 nitrogen and oxygen atoms in total. The van der Waals surface area contributed by atoms with Crippen molar-refractivity contribution in [3.63, 3.8) is 0 Å². The average molecular weight is 350 g/mol. The Balaban J connectivity index is 2.73. The summed E-state index contributed by atoms with van der Waals surface area (Å²) >= 11 is 0. The number of non-ortho nitro benzene ring substituents is 1. The van der Waals surface area contributed by atoms with Gasteiger partial charge in [-0.3, -0.25) is 14.9 Å². The van der Waals surface area contributed by atoms with Crippen LogP contribution < -0.4 is 10.6 Å². The number of hydrogen-bond acceptors (Lipinski definition) is 4.